The van der Waals surface area contributed by atoms with E-state index in [0.29, 0.717) is 15.8 Å². The van der Waals surface area contributed by atoms with E-state index in [0.717, 1.165) is 0 Å². The second kappa shape index (κ2) is 7.16. The van der Waals surface area contributed by atoms with Crippen LogP contribution < -0.4 is 4.74 Å². The lowest BCUT2D eigenvalue weighted by molar-refractivity contribution is -0.0379. The third kappa shape index (κ3) is 4.22. The number of hydrogen-bond donors (Lipinski definition) is 1. The first-order valence-corrected chi connectivity index (χ1v) is 7.75. The van der Waals surface area contributed by atoms with Crippen molar-refractivity contribution in [3.05, 3.63) is 53.6 Å². The lowest BCUT2D eigenvalue weighted by Crippen LogP contribution is -2.44. The lowest BCUT2D eigenvalue weighted by Gasteiger charge is -2.27. The van der Waals surface area contributed by atoms with Crippen molar-refractivity contribution in [2.24, 2.45) is 0 Å². The van der Waals surface area contributed by atoms with E-state index < -0.39 is 5.60 Å². The van der Waals surface area contributed by atoms with Crippen LogP contribution >= 0.6 is 23.2 Å². The van der Waals surface area contributed by atoms with Gasteiger partial charge in [0.2, 0.25) is 0 Å². The summed E-state index contributed by atoms with van der Waals surface area (Å²) in [6, 6.07) is 4.90. The Morgan fingerprint density at radius 3 is 2.12 bits per heavy atom. The molecule has 3 rings (SSSR count). The van der Waals surface area contributed by atoms with Crippen molar-refractivity contribution in [1.29, 1.82) is 0 Å². The van der Waals surface area contributed by atoms with Crippen molar-refractivity contribution in [3.8, 4) is 5.75 Å². The molecule has 1 N–H and O–H groups in total. The molecule has 0 unspecified atom stereocenters. The average molecular weight is 369 g/mol. The van der Waals surface area contributed by atoms with Crippen LogP contribution in [0.2, 0.25) is 10.0 Å². The molecule has 0 radical (unpaired) electrons. The van der Waals surface area contributed by atoms with Crippen molar-refractivity contribution in [2.45, 2.75) is 18.7 Å². The van der Waals surface area contributed by atoms with Crippen molar-refractivity contribution in [1.82, 2.24) is 29.5 Å². The first-order valence-electron chi connectivity index (χ1n) is 6.99. The number of nitrogens with zero attached hydrogens (tertiary/aromatic N) is 6. The van der Waals surface area contributed by atoms with Gasteiger partial charge in [-0.3, -0.25) is 0 Å². The highest BCUT2D eigenvalue weighted by Crippen LogP contribution is 2.27. The van der Waals surface area contributed by atoms with Gasteiger partial charge in [0.1, 0.15) is 43.3 Å². The van der Waals surface area contributed by atoms with Gasteiger partial charge in [0.25, 0.3) is 0 Å². The maximum Gasteiger partial charge on any atom is 0.138 e. The zero-order chi connectivity index (χ0) is 17.0. The van der Waals surface area contributed by atoms with Crippen LogP contribution in [0.4, 0.5) is 0 Å². The predicted octanol–water partition coefficient (Wildman–Crippen LogP) is 1.69. The number of hydrogen-bond acceptors (Lipinski definition) is 6. The summed E-state index contributed by atoms with van der Waals surface area (Å²) in [7, 11) is 0. The summed E-state index contributed by atoms with van der Waals surface area (Å²) in [6.07, 6.45) is 5.84. The summed E-state index contributed by atoms with van der Waals surface area (Å²) in [5, 5.41) is 19.8. The highest BCUT2D eigenvalue weighted by molar-refractivity contribution is 6.42. The molecular weight excluding hydrogens is 355 g/mol. The van der Waals surface area contributed by atoms with Gasteiger partial charge in [0.05, 0.1) is 23.1 Å². The van der Waals surface area contributed by atoms with Crippen LogP contribution in [-0.2, 0) is 13.1 Å². The number of halogens is 2. The molecule has 0 fully saturated rings. The monoisotopic (exact) mass is 368 g/mol. The number of benzene rings is 1. The van der Waals surface area contributed by atoms with Gasteiger partial charge < -0.3 is 9.84 Å². The van der Waals surface area contributed by atoms with Crippen LogP contribution in [0.5, 0.6) is 5.75 Å². The number of rotatable bonds is 7. The van der Waals surface area contributed by atoms with E-state index in [4.69, 9.17) is 27.9 Å². The maximum atomic E-state index is 11.0. The Labute approximate surface area is 147 Å². The molecule has 0 bridgehead atoms. The Hall–Kier alpha value is -2.16. The van der Waals surface area contributed by atoms with Crippen molar-refractivity contribution in [3.63, 3.8) is 0 Å². The van der Waals surface area contributed by atoms with Crippen LogP contribution in [0.3, 0.4) is 0 Å². The molecule has 0 aliphatic heterocycles. The molecule has 2 aromatic heterocycles. The van der Waals surface area contributed by atoms with Crippen molar-refractivity contribution >= 4 is 23.2 Å². The summed E-state index contributed by atoms with van der Waals surface area (Å²) in [5.41, 5.74) is -1.28. The van der Waals surface area contributed by atoms with Gasteiger partial charge in [-0.05, 0) is 12.1 Å². The van der Waals surface area contributed by atoms with Gasteiger partial charge in [-0.15, -0.1) is 0 Å². The summed E-state index contributed by atoms with van der Waals surface area (Å²) in [6.45, 7) is 0.340. The van der Waals surface area contributed by atoms with Crippen LogP contribution in [0.1, 0.15) is 0 Å². The normalized spacial score (nSPS) is 11.6. The van der Waals surface area contributed by atoms with E-state index in [1.54, 1.807) is 18.2 Å². The van der Waals surface area contributed by atoms with E-state index in [2.05, 4.69) is 20.2 Å². The topological polar surface area (TPSA) is 90.9 Å². The molecule has 24 heavy (non-hydrogen) atoms. The molecule has 126 valence electrons. The Bertz CT molecular complexity index is 742. The Kier molecular flexibility index (Phi) is 4.98. The molecule has 10 heteroatoms. The molecule has 0 amide bonds. The van der Waals surface area contributed by atoms with Gasteiger partial charge in [-0.2, -0.15) is 10.2 Å². The van der Waals surface area contributed by atoms with Crippen LogP contribution in [0.15, 0.2) is 43.5 Å². The minimum absolute atomic E-state index is 0.00924. The molecule has 8 nitrogen and oxygen atoms in total. The highest BCUT2D eigenvalue weighted by atomic mass is 35.5. The Morgan fingerprint density at radius 2 is 1.62 bits per heavy atom. The number of ether oxygens (including phenoxy) is 1. The Morgan fingerprint density at radius 1 is 1.00 bits per heavy atom. The number of aliphatic hydroxyl groups is 1. The molecule has 0 aliphatic carbocycles. The average Bonchev–Trinajstić information content (AvgIpc) is 3.22. The maximum absolute atomic E-state index is 11.0. The van der Waals surface area contributed by atoms with Crippen LogP contribution in [0.25, 0.3) is 0 Å². The van der Waals surface area contributed by atoms with Crippen molar-refractivity contribution < 1.29 is 9.84 Å². The third-order valence-electron chi connectivity index (χ3n) is 3.24. The summed E-state index contributed by atoms with van der Waals surface area (Å²) in [5.74, 6) is 0.500. The van der Waals surface area contributed by atoms with Crippen LogP contribution in [0, 0.1) is 0 Å². The number of aromatic nitrogens is 6. The quantitative estimate of drug-likeness (QED) is 0.682. The molecule has 0 atom stereocenters. The summed E-state index contributed by atoms with van der Waals surface area (Å²) >= 11 is 11.9. The molecule has 0 saturated heterocycles. The molecule has 1 aromatic carbocycles. The molecule has 2 heterocycles. The predicted molar refractivity (Wildman–Crippen MR) is 87.0 cm³/mol. The van der Waals surface area contributed by atoms with Gasteiger partial charge in [-0.1, -0.05) is 23.2 Å². The fraction of sp³-hybridized carbons (Fsp3) is 0.286. The Balaban J connectivity index is 1.74. The highest BCUT2D eigenvalue weighted by Gasteiger charge is 2.30. The lowest BCUT2D eigenvalue weighted by atomic mass is 10.1. The van der Waals surface area contributed by atoms with Crippen LogP contribution in [-0.4, -0.2) is 46.8 Å². The van der Waals surface area contributed by atoms with Gasteiger partial charge in [0, 0.05) is 6.07 Å². The molecule has 0 saturated carbocycles. The van der Waals surface area contributed by atoms with E-state index in [9.17, 15) is 5.11 Å². The standard InChI is InChI=1S/C14H14Cl2N6O2/c15-12-2-1-11(3-13(12)16)24-6-14(23,4-21-9-17-7-19-21)5-22-10-18-8-20-22/h1-3,7-10,23H,4-6H2. The minimum atomic E-state index is -1.28. The molecule has 3 aromatic rings. The van der Waals surface area contributed by atoms with Gasteiger partial charge in [0.15, 0.2) is 0 Å². The molecule has 0 aliphatic rings. The van der Waals surface area contributed by atoms with E-state index in [-0.39, 0.29) is 19.7 Å². The van der Waals surface area contributed by atoms with E-state index in [1.807, 2.05) is 0 Å². The second-order valence-electron chi connectivity index (χ2n) is 5.28. The largest absolute Gasteiger partial charge is 0.490 e. The fourth-order valence-electron chi connectivity index (χ4n) is 2.16. The SMILES string of the molecule is OC(COc1ccc(Cl)c(Cl)c1)(Cn1cncn1)Cn1cncn1. The smallest absolute Gasteiger partial charge is 0.138 e. The molecular formula is C14H14Cl2N6O2. The van der Waals surface area contributed by atoms with E-state index >= 15 is 0 Å². The van der Waals surface area contributed by atoms with Gasteiger partial charge >= 0.3 is 0 Å². The summed E-state index contributed by atoms with van der Waals surface area (Å²) < 4.78 is 8.73. The summed E-state index contributed by atoms with van der Waals surface area (Å²) in [4.78, 5) is 7.75. The van der Waals surface area contributed by atoms with E-state index in [1.165, 1.54) is 34.7 Å². The minimum Gasteiger partial charge on any atom is -0.490 e. The van der Waals surface area contributed by atoms with Gasteiger partial charge in [-0.25, -0.2) is 19.3 Å². The first-order chi connectivity index (χ1) is 11.5. The molecule has 0 spiro atoms. The first kappa shape index (κ1) is 16.7. The second-order valence-corrected chi connectivity index (χ2v) is 6.09. The zero-order valence-electron chi connectivity index (χ0n) is 12.5. The zero-order valence-corrected chi connectivity index (χ0v) is 14.0. The third-order valence-corrected chi connectivity index (χ3v) is 3.98. The fourth-order valence-corrected chi connectivity index (χ4v) is 2.45. The van der Waals surface area contributed by atoms with Crippen molar-refractivity contribution in [2.75, 3.05) is 6.61 Å².